The molecule has 0 spiro atoms. The summed E-state index contributed by atoms with van der Waals surface area (Å²) >= 11 is 0. The molecule has 0 saturated carbocycles. The fourth-order valence-electron chi connectivity index (χ4n) is 4.96. The zero-order valence-electron chi connectivity index (χ0n) is 21.7. The van der Waals surface area contributed by atoms with Gasteiger partial charge in [-0.15, -0.1) is 0 Å². The van der Waals surface area contributed by atoms with Crippen LogP contribution in [-0.4, -0.2) is 62.2 Å². The van der Waals surface area contributed by atoms with Gasteiger partial charge in [0, 0.05) is 18.5 Å². The fourth-order valence-corrected chi connectivity index (χ4v) is 4.96. The molecule has 0 aromatic heterocycles. The predicted octanol–water partition coefficient (Wildman–Crippen LogP) is 3.38. The molecule has 0 bridgehead atoms. The highest BCUT2D eigenvalue weighted by molar-refractivity contribution is 5.87. The second kappa shape index (κ2) is 13.5. The third-order valence-electron chi connectivity index (χ3n) is 6.96. The summed E-state index contributed by atoms with van der Waals surface area (Å²) in [6.07, 6.45) is -3.04. The van der Waals surface area contributed by atoms with Crippen molar-refractivity contribution >= 4 is 22.6 Å². The van der Waals surface area contributed by atoms with Gasteiger partial charge in [0.05, 0.1) is 25.6 Å². The maximum absolute atomic E-state index is 12.7. The summed E-state index contributed by atoms with van der Waals surface area (Å²) in [6.45, 7) is 5.71. The van der Waals surface area contributed by atoms with Crippen molar-refractivity contribution in [3.63, 3.8) is 0 Å². The summed E-state index contributed by atoms with van der Waals surface area (Å²) in [5.74, 6) is 2.42. The Balaban J connectivity index is 1.54. The van der Waals surface area contributed by atoms with Crippen molar-refractivity contribution in [2.45, 2.75) is 38.9 Å². The number of amides is 2. The molecule has 2 aromatic carbocycles. The minimum absolute atomic E-state index is 0.0706. The van der Waals surface area contributed by atoms with Gasteiger partial charge in [-0.05, 0) is 74.2 Å². The van der Waals surface area contributed by atoms with Crippen LogP contribution in [-0.2, 0) is 9.59 Å². The van der Waals surface area contributed by atoms with Gasteiger partial charge in [-0.25, -0.2) is 0 Å². The smallest absolute Gasteiger partial charge is 0.457 e. The summed E-state index contributed by atoms with van der Waals surface area (Å²) in [6, 6.07) is 12.6. The average Bonchev–Trinajstić information content (AvgIpc) is 2.89. The van der Waals surface area contributed by atoms with E-state index in [2.05, 4.69) is 52.8 Å². The van der Waals surface area contributed by atoms with Crippen molar-refractivity contribution in [2.75, 3.05) is 39.3 Å². The number of hydrogen-bond donors (Lipinski definition) is 3. The first-order valence-corrected chi connectivity index (χ1v) is 12.8. The van der Waals surface area contributed by atoms with E-state index in [9.17, 15) is 22.8 Å². The molecule has 1 unspecified atom stereocenters. The van der Waals surface area contributed by atoms with Crippen LogP contribution in [0, 0.1) is 23.7 Å². The summed E-state index contributed by atoms with van der Waals surface area (Å²) in [5.41, 5.74) is 7.15. The molecule has 1 saturated heterocycles. The van der Waals surface area contributed by atoms with Gasteiger partial charge < -0.3 is 21.1 Å². The van der Waals surface area contributed by atoms with E-state index in [1.54, 1.807) is 0 Å². The first-order chi connectivity index (χ1) is 18.1. The van der Waals surface area contributed by atoms with Gasteiger partial charge in [0.1, 0.15) is 5.75 Å². The van der Waals surface area contributed by atoms with Crippen molar-refractivity contribution in [1.29, 1.82) is 0 Å². The lowest BCUT2D eigenvalue weighted by Crippen LogP contribution is -2.46. The average molecular weight is 533 g/mol. The maximum atomic E-state index is 12.7. The van der Waals surface area contributed by atoms with Crippen LogP contribution >= 0.6 is 0 Å². The van der Waals surface area contributed by atoms with E-state index in [-0.39, 0.29) is 31.0 Å². The number of fused-ring (bicyclic) bond motifs is 1. The number of benzene rings is 2. The molecule has 4 N–H and O–H groups in total. The lowest BCUT2D eigenvalue weighted by atomic mass is 9.83. The van der Waals surface area contributed by atoms with Crippen LogP contribution in [0.1, 0.15) is 38.3 Å². The van der Waals surface area contributed by atoms with Crippen molar-refractivity contribution in [2.24, 2.45) is 17.6 Å². The molecule has 38 heavy (non-hydrogen) atoms. The number of rotatable bonds is 10. The highest BCUT2D eigenvalue weighted by atomic mass is 19.4. The molecular formula is C28H35F3N4O3. The van der Waals surface area contributed by atoms with Crippen molar-refractivity contribution in [1.82, 2.24) is 15.5 Å². The lowest BCUT2D eigenvalue weighted by molar-refractivity contribution is -0.130. The third kappa shape index (κ3) is 8.10. The molecule has 0 radical (unpaired) electrons. The van der Waals surface area contributed by atoms with Gasteiger partial charge in [0.25, 0.3) is 0 Å². The summed E-state index contributed by atoms with van der Waals surface area (Å²) in [5, 5.41) is 7.11. The van der Waals surface area contributed by atoms with E-state index in [1.807, 2.05) is 18.9 Å². The first kappa shape index (κ1) is 29.3. The van der Waals surface area contributed by atoms with Crippen LogP contribution in [0.5, 0.6) is 5.75 Å². The second-order valence-electron chi connectivity index (χ2n) is 9.35. The number of nitrogens with two attached hydrogens (primary N) is 1. The minimum Gasteiger partial charge on any atom is -0.494 e. The molecule has 7 nitrogen and oxygen atoms in total. The quantitative estimate of drug-likeness (QED) is 0.408. The number of ether oxygens (including phenoxy) is 1. The number of likely N-dealkylation sites (tertiary alicyclic amines) is 1. The second-order valence-corrected chi connectivity index (χ2v) is 9.35. The molecular weight excluding hydrogens is 497 g/mol. The van der Waals surface area contributed by atoms with Crippen molar-refractivity contribution < 1.29 is 27.5 Å². The summed E-state index contributed by atoms with van der Waals surface area (Å²) in [7, 11) is 0. The van der Waals surface area contributed by atoms with E-state index < -0.39 is 24.5 Å². The lowest BCUT2D eigenvalue weighted by Gasteiger charge is -2.38. The molecule has 2 atom stereocenters. The number of alkyl halides is 3. The summed E-state index contributed by atoms with van der Waals surface area (Å²) < 4.78 is 41.8. The number of carbonyl (C=O) groups is 2. The van der Waals surface area contributed by atoms with E-state index in [0.29, 0.717) is 6.61 Å². The molecule has 206 valence electrons. The number of nitrogens with one attached hydrogen (secondary N) is 2. The van der Waals surface area contributed by atoms with E-state index in [1.165, 1.54) is 5.56 Å². The Bertz CT molecular complexity index is 1170. The molecule has 2 aromatic rings. The standard InChI is InChI=1S/C28H35F3N4O3/c1-3-38-22-9-8-20-6-4-7-23(24(20)16-22)19(2)35-14-10-21(11-15-35)25(17-32)27(37)34-18-26(36)33-13-5-12-28(29,30)31/h4,6-9,16,19,21,25H,3,10-11,13-15,17-18,32H2,1-2H3,(H,33,36)(H,34,37)/t19?,25-/m1/s1. The van der Waals surface area contributed by atoms with Crippen LogP contribution in [0.15, 0.2) is 36.4 Å². The summed E-state index contributed by atoms with van der Waals surface area (Å²) in [4.78, 5) is 27.0. The molecule has 1 heterocycles. The van der Waals surface area contributed by atoms with E-state index in [0.717, 1.165) is 48.4 Å². The fraction of sp³-hybridized carbons (Fsp3) is 0.500. The zero-order valence-corrected chi connectivity index (χ0v) is 21.7. The van der Waals surface area contributed by atoms with Crippen molar-refractivity contribution in [3.8, 4) is 17.6 Å². The molecule has 1 aliphatic rings. The normalized spacial score (nSPS) is 16.3. The Morgan fingerprint density at radius 2 is 1.92 bits per heavy atom. The Morgan fingerprint density at radius 1 is 1.18 bits per heavy atom. The highest BCUT2D eigenvalue weighted by Gasteiger charge is 2.32. The van der Waals surface area contributed by atoms with Crippen molar-refractivity contribution in [3.05, 3.63) is 42.0 Å². The first-order valence-electron chi connectivity index (χ1n) is 12.8. The molecule has 10 heteroatoms. The Labute approximate surface area is 221 Å². The largest absolute Gasteiger partial charge is 0.494 e. The molecule has 2 amide bonds. The monoisotopic (exact) mass is 532 g/mol. The molecule has 3 rings (SSSR count). The minimum atomic E-state index is -4.61. The number of hydrogen-bond acceptors (Lipinski definition) is 5. The maximum Gasteiger partial charge on any atom is 0.457 e. The van der Waals surface area contributed by atoms with E-state index in [4.69, 9.17) is 10.5 Å². The Morgan fingerprint density at radius 3 is 2.58 bits per heavy atom. The zero-order chi connectivity index (χ0) is 27.7. The van der Waals surface area contributed by atoms with Crippen LogP contribution in [0.2, 0.25) is 0 Å². The number of piperidine rings is 1. The van der Waals surface area contributed by atoms with Crippen LogP contribution < -0.4 is 21.1 Å². The van der Waals surface area contributed by atoms with Gasteiger partial charge in [0.15, 0.2) is 0 Å². The number of nitrogens with zero attached hydrogens (tertiary/aromatic N) is 1. The van der Waals surface area contributed by atoms with Crippen LogP contribution in [0.3, 0.4) is 0 Å². The van der Waals surface area contributed by atoms with Gasteiger partial charge >= 0.3 is 6.18 Å². The third-order valence-corrected chi connectivity index (χ3v) is 6.96. The van der Waals surface area contributed by atoms with Crippen LogP contribution in [0.25, 0.3) is 10.8 Å². The van der Waals surface area contributed by atoms with Gasteiger partial charge in [-0.1, -0.05) is 30.2 Å². The van der Waals surface area contributed by atoms with Gasteiger partial charge in [-0.3, -0.25) is 14.5 Å². The SMILES string of the molecule is CCOc1ccc2cccc(C(C)N3CCC([C@@H](CN)C(=O)NCC(=O)NCC#CC(F)(F)F)CC3)c2c1. The number of halogens is 3. The Kier molecular flexibility index (Phi) is 10.4. The van der Waals surface area contributed by atoms with Crippen LogP contribution in [0.4, 0.5) is 13.2 Å². The molecule has 0 aliphatic carbocycles. The van der Waals surface area contributed by atoms with E-state index >= 15 is 0 Å². The van der Waals surface area contributed by atoms with Gasteiger partial charge in [-0.2, -0.15) is 13.2 Å². The van der Waals surface area contributed by atoms with Gasteiger partial charge in [0.2, 0.25) is 11.8 Å². The molecule has 1 aliphatic heterocycles. The highest BCUT2D eigenvalue weighted by Crippen LogP contribution is 2.34. The predicted molar refractivity (Wildman–Crippen MR) is 140 cm³/mol. The number of carbonyl (C=O) groups excluding carboxylic acids is 2. The molecule has 1 fully saturated rings. The topological polar surface area (TPSA) is 96.7 Å². The Hall–Kier alpha value is -3.29.